The van der Waals surface area contributed by atoms with Crippen molar-refractivity contribution in [2.24, 2.45) is 0 Å². The van der Waals surface area contributed by atoms with Gasteiger partial charge in [-0.25, -0.2) is 0 Å². The predicted octanol–water partition coefficient (Wildman–Crippen LogP) is 2.16. The summed E-state index contributed by atoms with van der Waals surface area (Å²) in [5.41, 5.74) is 0. The van der Waals surface area contributed by atoms with Gasteiger partial charge in [0.05, 0.1) is 5.38 Å². The first-order valence-electron chi connectivity index (χ1n) is 1.93. The molecule has 0 nitrogen and oxygen atoms in total. The molecular formula is C4H5Cl2. The Labute approximate surface area is 47.4 Å². The molecule has 0 amide bonds. The molecule has 6 heavy (non-hydrogen) atoms. The Morgan fingerprint density at radius 1 is 1.50 bits per heavy atom. The molecule has 0 unspecified atom stereocenters. The van der Waals surface area contributed by atoms with Crippen molar-refractivity contribution in [3.05, 3.63) is 5.38 Å². The lowest BCUT2D eigenvalue weighted by atomic mass is 9.99. The van der Waals surface area contributed by atoms with Crippen LogP contribution in [-0.4, -0.2) is 5.38 Å². The van der Waals surface area contributed by atoms with Gasteiger partial charge in [0.2, 0.25) is 0 Å². The monoisotopic (exact) mass is 123 g/mol. The maximum Gasteiger partial charge on any atom is 0.0667 e. The number of alkyl halides is 1. The van der Waals surface area contributed by atoms with Crippen LogP contribution in [0, 0.1) is 5.38 Å². The third-order valence-corrected chi connectivity index (χ3v) is 1.50. The quantitative estimate of drug-likeness (QED) is 0.434. The Kier molecular flexibility index (Phi) is 1.25. The fraction of sp³-hybridized carbons (Fsp3) is 0.750. The van der Waals surface area contributed by atoms with Crippen LogP contribution in [0.4, 0.5) is 0 Å². The zero-order chi connectivity index (χ0) is 4.57. The minimum atomic E-state index is 0.345. The molecule has 0 saturated heterocycles. The molecule has 0 aromatic heterocycles. The molecule has 35 valence electrons. The molecule has 0 aromatic carbocycles. The van der Waals surface area contributed by atoms with E-state index >= 15 is 0 Å². The van der Waals surface area contributed by atoms with Gasteiger partial charge in [-0.3, -0.25) is 0 Å². The minimum absolute atomic E-state index is 0.345. The fourth-order valence-electron chi connectivity index (χ4n) is 0.421. The Morgan fingerprint density at radius 2 is 2.00 bits per heavy atom. The summed E-state index contributed by atoms with van der Waals surface area (Å²) in [7, 11) is 0. The lowest BCUT2D eigenvalue weighted by Crippen LogP contribution is -2.16. The molecule has 1 saturated carbocycles. The zero-order valence-corrected chi connectivity index (χ0v) is 4.76. The van der Waals surface area contributed by atoms with Gasteiger partial charge in [-0.15, -0.1) is 23.2 Å². The first-order chi connectivity index (χ1) is 2.79. The van der Waals surface area contributed by atoms with Crippen LogP contribution in [-0.2, 0) is 0 Å². The lowest BCUT2D eigenvalue weighted by molar-refractivity contribution is 0.631. The van der Waals surface area contributed by atoms with Gasteiger partial charge in [0, 0.05) is 5.38 Å². The van der Waals surface area contributed by atoms with Crippen LogP contribution in [0.3, 0.4) is 0 Å². The van der Waals surface area contributed by atoms with E-state index in [1.165, 1.54) is 0 Å². The van der Waals surface area contributed by atoms with Crippen LogP contribution < -0.4 is 0 Å². The molecule has 0 aliphatic heterocycles. The molecule has 1 radical (unpaired) electrons. The second-order valence-electron chi connectivity index (χ2n) is 1.52. The topological polar surface area (TPSA) is 0 Å². The predicted molar refractivity (Wildman–Crippen MR) is 28.0 cm³/mol. The normalized spacial score (nSPS) is 27.0. The fourth-order valence-corrected chi connectivity index (χ4v) is 1.32. The van der Waals surface area contributed by atoms with E-state index in [0.29, 0.717) is 5.38 Å². The van der Waals surface area contributed by atoms with Gasteiger partial charge in [0.1, 0.15) is 0 Å². The van der Waals surface area contributed by atoms with Gasteiger partial charge >= 0.3 is 0 Å². The van der Waals surface area contributed by atoms with E-state index in [0.717, 1.165) is 18.2 Å². The molecule has 1 rings (SSSR count). The Bertz CT molecular complexity index is 41.5. The highest BCUT2D eigenvalue weighted by molar-refractivity contribution is 6.31. The summed E-state index contributed by atoms with van der Waals surface area (Å²) in [5.74, 6) is 0. The Hall–Kier alpha value is 0.580. The van der Waals surface area contributed by atoms with Gasteiger partial charge in [-0.1, -0.05) is 0 Å². The van der Waals surface area contributed by atoms with E-state index in [2.05, 4.69) is 0 Å². The van der Waals surface area contributed by atoms with E-state index in [-0.39, 0.29) is 0 Å². The Balaban J connectivity index is 2.11. The van der Waals surface area contributed by atoms with Crippen molar-refractivity contribution < 1.29 is 0 Å². The zero-order valence-electron chi connectivity index (χ0n) is 3.25. The van der Waals surface area contributed by atoms with Crippen LogP contribution in [0.5, 0.6) is 0 Å². The van der Waals surface area contributed by atoms with Crippen molar-refractivity contribution in [3.63, 3.8) is 0 Å². The standard InChI is InChI=1S/C4H5Cl2/c5-3-1-4(6)2-3/h3H,1-2H2. The van der Waals surface area contributed by atoms with Crippen LogP contribution in [0.1, 0.15) is 12.8 Å². The molecular weight excluding hydrogens is 119 g/mol. The van der Waals surface area contributed by atoms with Gasteiger partial charge < -0.3 is 0 Å². The number of hydrogen-bond donors (Lipinski definition) is 0. The maximum atomic E-state index is 5.54. The molecule has 0 heterocycles. The van der Waals surface area contributed by atoms with Gasteiger partial charge in [0.15, 0.2) is 0 Å². The summed E-state index contributed by atoms with van der Waals surface area (Å²) in [6, 6.07) is 0. The molecule has 0 bridgehead atoms. The van der Waals surface area contributed by atoms with Crippen molar-refractivity contribution in [3.8, 4) is 0 Å². The number of hydrogen-bond acceptors (Lipinski definition) is 0. The summed E-state index contributed by atoms with van der Waals surface area (Å²) in [4.78, 5) is 0. The van der Waals surface area contributed by atoms with Crippen molar-refractivity contribution in [1.82, 2.24) is 0 Å². The van der Waals surface area contributed by atoms with Gasteiger partial charge in [-0.2, -0.15) is 0 Å². The van der Waals surface area contributed by atoms with Crippen molar-refractivity contribution in [2.45, 2.75) is 18.2 Å². The third-order valence-electron chi connectivity index (χ3n) is 0.886. The molecule has 0 atom stereocenters. The first-order valence-corrected chi connectivity index (χ1v) is 2.75. The smallest absolute Gasteiger partial charge is 0.0667 e. The summed E-state index contributed by atoms with van der Waals surface area (Å²) in [6.45, 7) is 0. The third kappa shape index (κ3) is 0.797. The van der Waals surface area contributed by atoms with E-state index in [1.807, 2.05) is 0 Å². The molecule has 0 aromatic rings. The first kappa shape index (κ1) is 4.73. The summed E-state index contributed by atoms with van der Waals surface area (Å²) >= 11 is 11.0. The summed E-state index contributed by atoms with van der Waals surface area (Å²) in [6.07, 6.45) is 1.84. The molecule has 2 heteroatoms. The summed E-state index contributed by atoms with van der Waals surface area (Å²) in [5, 5.41) is 1.37. The maximum absolute atomic E-state index is 5.54. The number of rotatable bonds is 0. The van der Waals surface area contributed by atoms with Crippen molar-refractivity contribution >= 4 is 23.2 Å². The van der Waals surface area contributed by atoms with E-state index in [4.69, 9.17) is 23.2 Å². The van der Waals surface area contributed by atoms with Crippen LogP contribution in [0.15, 0.2) is 0 Å². The molecule has 1 fully saturated rings. The minimum Gasteiger partial charge on any atom is -0.123 e. The summed E-state index contributed by atoms with van der Waals surface area (Å²) < 4.78 is 0. The molecule has 0 N–H and O–H groups in total. The van der Waals surface area contributed by atoms with Crippen molar-refractivity contribution in [1.29, 1.82) is 0 Å². The van der Waals surface area contributed by atoms with E-state index in [1.54, 1.807) is 0 Å². The lowest BCUT2D eigenvalue weighted by Gasteiger charge is -2.23. The number of halogens is 2. The van der Waals surface area contributed by atoms with Crippen molar-refractivity contribution in [2.75, 3.05) is 0 Å². The van der Waals surface area contributed by atoms with Crippen LogP contribution in [0.2, 0.25) is 0 Å². The molecule has 0 spiro atoms. The van der Waals surface area contributed by atoms with Crippen LogP contribution in [0.25, 0.3) is 0 Å². The molecule has 1 aliphatic rings. The second kappa shape index (κ2) is 1.59. The largest absolute Gasteiger partial charge is 0.123 e. The van der Waals surface area contributed by atoms with Crippen LogP contribution >= 0.6 is 23.2 Å². The highest BCUT2D eigenvalue weighted by atomic mass is 35.5. The van der Waals surface area contributed by atoms with E-state index < -0.39 is 0 Å². The van der Waals surface area contributed by atoms with E-state index in [9.17, 15) is 0 Å². The average Bonchev–Trinajstić information content (AvgIpc) is 1.33. The highest BCUT2D eigenvalue weighted by Crippen LogP contribution is 2.36. The van der Waals surface area contributed by atoms with Gasteiger partial charge in [-0.05, 0) is 12.8 Å². The average molecular weight is 124 g/mol. The van der Waals surface area contributed by atoms with Gasteiger partial charge in [0.25, 0.3) is 0 Å². The SMILES string of the molecule is Cl[C]1CC(Cl)C1. The second-order valence-corrected chi connectivity index (χ2v) is 2.67. The Morgan fingerprint density at radius 3 is 2.00 bits per heavy atom. The molecule has 1 aliphatic carbocycles. The highest BCUT2D eigenvalue weighted by Gasteiger charge is 2.25.